The Hall–Kier alpha value is -0.420. The first-order valence-corrected chi connectivity index (χ1v) is 6.76. The highest BCUT2D eigenvalue weighted by Crippen LogP contribution is 2.19. The second-order valence-corrected chi connectivity index (χ2v) is 5.16. The van der Waals surface area contributed by atoms with Gasteiger partial charge in [-0.05, 0) is 42.2 Å². The van der Waals surface area contributed by atoms with Gasteiger partial charge >= 0.3 is 0 Å². The van der Waals surface area contributed by atoms with Crippen LogP contribution < -0.4 is 5.32 Å². The maximum atomic E-state index is 9.84. The third-order valence-corrected chi connectivity index (χ3v) is 3.66. The molecule has 0 radical (unpaired) electrons. The van der Waals surface area contributed by atoms with E-state index < -0.39 is 6.10 Å². The van der Waals surface area contributed by atoms with Crippen molar-refractivity contribution >= 4 is 11.3 Å². The molecule has 0 aliphatic carbocycles. The summed E-state index contributed by atoms with van der Waals surface area (Å²) in [5.74, 6) is 0. The van der Waals surface area contributed by atoms with Gasteiger partial charge < -0.3 is 15.2 Å². The molecule has 1 fully saturated rings. The van der Waals surface area contributed by atoms with E-state index in [1.54, 1.807) is 11.3 Å². The van der Waals surface area contributed by atoms with Gasteiger partial charge in [0.05, 0.1) is 18.3 Å². The lowest BCUT2D eigenvalue weighted by atomic mass is 10.2. The zero-order chi connectivity index (χ0) is 11.4. The Bertz CT molecular complexity index is 302. The van der Waals surface area contributed by atoms with E-state index in [1.807, 2.05) is 16.8 Å². The van der Waals surface area contributed by atoms with Crippen LogP contribution >= 0.6 is 11.3 Å². The van der Waals surface area contributed by atoms with Gasteiger partial charge in [-0.15, -0.1) is 0 Å². The van der Waals surface area contributed by atoms with Crippen molar-refractivity contribution in [2.24, 2.45) is 0 Å². The first kappa shape index (κ1) is 12.0. The van der Waals surface area contributed by atoms with Crippen molar-refractivity contribution in [1.82, 2.24) is 5.32 Å². The van der Waals surface area contributed by atoms with Crippen LogP contribution in [-0.2, 0) is 4.74 Å². The summed E-state index contributed by atoms with van der Waals surface area (Å²) in [7, 11) is 0. The summed E-state index contributed by atoms with van der Waals surface area (Å²) < 4.78 is 5.69. The molecule has 0 saturated carbocycles. The lowest BCUT2D eigenvalue weighted by molar-refractivity contribution is 0.0536. The Morgan fingerprint density at radius 2 is 2.50 bits per heavy atom. The third-order valence-electron chi connectivity index (χ3n) is 2.96. The van der Waals surface area contributed by atoms with E-state index in [2.05, 4.69) is 12.2 Å². The summed E-state index contributed by atoms with van der Waals surface area (Å²) in [6.45, 7) is 3.55. The van der Waals surface area contributed by atoms with E-state index in [0.717, 1.165) is 24.9 Å². The smallest absolute Gasteiger partial charge is 0.0922 e. The molecule has 0 amide bonds. The van der Waals surface area contributed by atoms with Crippen molar-refractivity contribution in [2.45, 2.75) is 38.1 Å². The van der Waals surface area contributed by atoms with Crippen molar-refractivity contribution < 1.29 is 9.84 Å². The molecule has 1 aliphatic rings. The van der Waals surface area contributed by atoms with E-state index in [1.165, 1.54) is 0 Å². The fourth-order valence-corrected chi connectivity index (χ4v) is 2.71. The maximum Gasteiger partial charge on any atom is 0.0922 e. The summed E-state index contributed by atoms with van der Waals surface area (Å²) in [5.41, 5.74) is 0.998. The first-order chi connectivity index (χ1) is 7.75. The highest BCUT2D eigenvalue weighted by atomic mass is 32.1. The Morgan fingerprint density at radius 3 is 3.12 bits per heavy atom. The lowest BCUT2D eigenvalue weighted by Crippen LogP contribution is -2.30. The zero-order valence-electron chi connectivity index (χ0n) is 9.56. The number of aliphatic hydroxyl groups excluding tert-OH is 1. The molecule has 1 aliphatic heterocycles. The summed E-state index contributed by atoms with van der Waals surface area (Å²) in [6.07, 6.45) is 2.60. The topological polar surface area (TPSA) is 41.5 Å². The van der Waals surface area contributed by atoms with Gasteiger partial charge in [0, 0.05) is 13.1 Å². The van der Waals surface area contributed by atoms with E-state index in [9.17, 15) is 5.11 Å². The molecule has 16 heavy (non-hydrogen) atoms. The monoisotopic (exact) mass is 241 g/mol. The molecule has 1 saturated heterocycles. The van der Waals surface area contributed by atoms with Crippen LogP contribution in [0.25, 0.3) is 0 Å². The number of ether oxygens (including phenoxy) is 1. The van der Waals surface area contributed by atoms with Crippen molar-refractivity contribution in [3.63, 3.8) is 0 Å². The summed E-state index contributed by atoms with van der Waals surface area (Å²) in [6, 6.07) is 1.96. The van der Waals surface area contributed by atoms with Gasteiger partial charge in [0.1, 0.15) is 0 Å². The zero-order valence-corrected chi connectivity index (χ0v) is 10.4. The van der Waals surface area contributed by atoms with Crippen LogP contribution in [0.1, 0.15) is 31.4 Å². The Kier molecular flexibility index (Phi) is 4.35. The standard InChI is InChI=1S/C12H19NO2S/c1-9-2-3-11(15-9)6-13-7-12(14)10-4-5-16-8-10/h4-5,8-9,11-14H,2-3,6-7H2,1H3. The highest BCUT2D eigenvalue weighted by molar-refractivity contribution is 7.07. The van der Waals surface area contributed by atoms with Crippen LogP contribution in [0.2, 0.25) is 0 Å². The van der Waals surface area contributed by atoms with Crippen molar-refractivity contribution in [3.05, 3.63) is 22.4 Å². The van der Waals surface area contributed by atoms with Gasteiger partial charge in [-0.25, -0.2) is 0 Å². The number of rotatable bonds is 5. The molecule has 1 aromatic heterocycles. The Morgan fingerprint density at radius 1 is 1.62 bits per heavy atom. The SMILES string of the molecule is CC1CCC(CNCC(O)c2ccsc2)O1. The molecule has 4 heteroatoms. The van der Waals surface area contributed by atoms with E-state index in [0.29, 0.717) is 18.8 Å². The molecule has 2 N–H and O–H groups in total. The number of thiophene rings is 1. The fraction of sp³-hybridized carbons (Fsp3) is 0.667. The normalized spacial score (nSPS) is 27.1. The van der Waals surface area contributed by atoms with Crippen LogP contribution in [0.15, 0.2) is 16.8 Å². The van der Waals surface area contributed by atoms with Gasteiger partial charge in [0.15, 0.2) is 0 Å². The third kappa shape index (κ3) is 3.28. The molecule has 2 rings (SSSR count). The van der Waals surface area contributed by atoms with E-state index in [-0.39, 0.29) is 0 Å². The molecule has 3 atom stereocenters. The van der Waals surface area contributed by atoms with Crippen molar-refractivity contribution in [1.29, 1.82) is 0 Å². The predicted octanol–water partition coefficient (Wildman–Crippen LogP) is 1.94. The number of nitrogens with one attached hydrogen (secondary N) is 1. The van der Waals surface area contributed by atoms with E-state index in [4.69, 9.17) is 4.74 Å². The molecule has 90 valence electrons. The second-order valence-electron chi connectivity index (χ2n) is 4.38. The van der Waals surface area contributed by atoms with Gasteiger partial charge in [-0.2, -0.15) is 11.3 Å². The summed E-state index contributed by atoms with van der Waals surface area (Å²) in [5, 5.41) is 17.1. The molecule has 2 heterocycles. The maximum absolute atomic E-state index is 9.84. The fourth-order valence-electron chi connectivity index (χ4n) is 2.00. The average molecular weight is 241 g/mol. The van der Waals surface area contributed by atoms with Crippen molar-refractivity contribution in [2.75, 3.05) is 13.1 Å². The molecular weight excluding hydrogens is 222 g/mol. The summed E-state index contributed by atoms with van der Waals surface area (Å²) >= 11 is 1.61. The minimum atomic E-state index is -0.398. The molecule has 0 bridgehead atoms. The molecular formula is C12H19NO2S. The number of hydrogen-bond acceptors (Lipinski definition) is 4. The van der Waals surface area contributed by atoms with E-state index >= 15 is 0 Å². The molecule has 3 unspecified atom stereocenters. The molecule has 3 nitrogen and oxygen atoms in total. The minimum Gasteiger partial charge on any atom is -0.387 e. The number of hydrogen-bond donors (Lipinski definition) is 2. The predicted molar refractivity (Wildman–Crippen MR) is 65.7 cm³/mol. The van der Waals surface area contributed by atoms with Crippen LogP contribution in [0.4, 0.5) is 0 Å². The Labute approximate surface area is 100 Å². The van der Waals surface area contributed by atoms with Crippen LogP contribution in [-0.4, -0.2) is 30.4 Å². The van der Waals surface area contributed by atoms with Gasteiger partial charge in [-0.3, -0.25) is 0 Å². The average Bonchev–Trinajstić information content (AvgIpc) is 2.89. The van der Waals surface area contributed by atoms with Gasteiger partial charge in [-0.1, -0.05) is 0 Å². The highest BCUT2D eigenvalue weighted by Gasteiger charge is 2.21. The number of aliphatic hydroxyl groups is 1. The quantitative estimate of drug-likeness (QED) is 0.828. The second kappa shape index (κ2) is 5.77. The van der Waals surface area contributed by atoms with Crippen LogP contribution in [0.5, 0.6) is 0 Å². The van der Waals surface area contributed by atoms with Crippen LogP contribution in [0, 0.1) is 0 Å². The summed E-state index contributed by atoms with van der Waals surface area (Å²) in [4.78, 5) is 0. The lowest BCUT2D eigenvalue weighted by Gasteiger charge is -2.14. The first-order valence-electron chi connectivity index (χ1n) is 5.82. The van der Waals surface area contributed by atoms with Crippen molar-refractivity contribution in [3.8, 4) is 0 Å². The minimum absolute atomic E-state index is 0.324. The molecule has 0 aromatic carbocycles. The molecule has 0 spiro atoms. The largest absolute Gasteiger partial charge is 0.387 e. The van der Waals surface area contributed by atoms with Gasteiger partial charge in [0.2, 0.25) is 0 Å². The Balaban J connectivity index is 1.64. The van der Waals surface area contributed by atoms with Gasteiger partial charge in [0.25, 0.3) is 0 Å². The van der Waals surface area contributed by atoms with Crippen LogP contribution in [0.3, 0.4) is 0 Å². The molecule has 1 aromatic rings.